The lowest BCUT2D eigenvalue weighted by molar-refractivity contribution is -0.122. The van der Waals surface area contributed by atoms with E-state index < -0.39 is 5.91 Å². The highest BCUT2D eigenvalue weighted by Gasteiger charge is 2.35. The van der Waals surface area contributed by atoms with Gasteiger partial charge in [0.2, 0.25) is 0 Å². The maximum absolute atomic E-state index is 12.9. The molecule has 2 amide bonds. The zero-order valence-electron chi connectivity index (χ0n) is 16.0. The molecule has 5 rings (SSSR count). The van der Waals surface area contributed by atoms with E-state index in [0.29, 0.717) is 34.5 Å². The summed E-state index contributed by atoms with van der Waals surface area (Å²) >= 11 is 0. The summed E-state index contributed by atoms with van der Waals surface area (Å²) in [6.45, 7) is 2.55. The Kier molecular flexibility index (Phi) is 3.85. The molecule has 0 saturated carbocycles. The molecule has 7 heteroatoms. The highest BCUT2D eigenvalue weighted by Crippen LogP contribution is 2.37. The van der Waals surface area contributed by atoms with E-state index in [2.05, 4.69) is 20.7 Å². The number of H-pyrrole nitrogens is 1. The van der Waals surface area contributed by atoms with Crippen LogP contribution in [0.3, 0.4) is 0 Å². The first-order valence-electron chi connectivity index (χ1n) is 9.37. The summed E-state index contributed by atoms with van der Waals surface area (Å²) in [6, 6.07) is 11.7. The Morgan fingerprint density at radius 1 is 1.10 bits per heavy atom. The number of para-hydroxylation sites is 1. The van der Waals surface area contributed by atoms with E-state index in [1.54, 1.807) is 10.7 Å². The van der Waals surface area contributed by atoms with Gasteiger partial charge in [-0.05, 0) is 37.7 Å². The molecular weight excluding hydrogens is 366 g/mol. The summed E-state index contributed by atoms with van der Waals surface area (Å²) in [5.41, 5.74) is 5.62. The number of nitrogens with one attached hydrogen (secondary N) is 3. The number of aromatic amines is 1. The molecule has 7 nitrogen and oxygen atoms in total. The van der Waals surface area contributed by atoms with Crippen molar-refractivity contribution in [3.63, 3.8) is 0 Å². The van der Waals surface area contributed by atoms with Gasteiger partial charge in [-0.25, -0.2) is 4.52 Å². The molecule has 0 aliphatic carbocycles. The lowest BCUT2D eigenvalue weighted by atomic mass is 9.95. The zero-order valence-corrected chi connectivity index (χ0v) is 16.0. The van der Waals surface area contributed by atoms with E-state index in [1.165, 1.54) is 0 Å². The fraction of sp³-hybridized carbons (Fsp3) is 0.136. The minimum Gasteiger partial charge on any atom is -0.361 e. The van der Waals surface area contributed by atoms with Gasteiger partial charge >= 0.3 is 0 Å². The summed E-state index contributed by atoms with van der Waals surface area (Å²) in [7, 11) is 1.88. The lowest BCUT2D eigenvalue weighted by Crippen LogP contribution is -2.22. The third kappa shape index (κ3) is 2.59. The standard InChI is InChI=1S/C22H19N5O2/c1-12-18(17-9-13(10-23-2)7-8-27(17)26-12)20-19(21(28)25-22(20)29)15-11-24-16-6-4-3-5-14(15)16/h3-9,11,23-24H,10H2,1-2H3,(H,25,28,29). The minimum absolute atomic E-state index is 0.369. The van der Waals surface area contributed by atoms with Gasteiger partial charge in [0.25, 0.3) is 11.8 Å². The maximum Gasteiger partial charge on any atom is 0.259 e. The number of hydrogen-bond acceptors (Lipinski definition) is 4. The second kappa shape index (κ2) is 6.42. The van der Waals surface area contributed by atoms with Crippen molar-refractivity contribution in [3.8, 4) is 0 Å². The molecule has 0 bridgehead atoms. The molecule has 4 heterocycles. The molecule has 1 aromatic carbocycles. The summed E-state index contributed by atoms with van der Waals surface area (Å²) < 4.78 is 1.75. The summed E-state index contributed by atoms with van der Waals surface area (Å²) in [5, 5.41) is 11.1. The largest absolute Gasteiger partial charge is 0.361 e. The number of nitrogens with zero attached hydrogens (tertiary/aromatic N) is 2. The van der Waals surface area contributed by atoms with Gasteiger partial charge in [0.05, 0.1) is 22.4 Å². The van der Waals surface area contributed by atoms with Crippen molar-refractivity contribution in [1.29, 1.82) is 0 Å². The molecular formula is C22H19N5O2. The van der Waals surface area contributed by atoms with E-state index in [0.717, 1.165) is 22.0 Å². The highest BCUT2D eigenvalue weighted by atomic mass is 16.2. The van der Waals surface area contributed by atoms with Gasteiger partial charge < -0.3 is 10.3 Å². The molecule has 0 radical (unpaired) electrons. The monoisotopic (exact) mass is 385 g/mol. The van der Waals surface area contributed by atoms with Crippen LogP contribution in [0.25, 0.3) is 27.6 Å². The van der Waals surface area contributed by atoms with Gasteiger partial charge in [0, 0.05) is 41.0 Å². The molecule has 0 saturated heterocycles. The van der Waals surface area contributed by atoms with Crippen LogP contribution < -0.4 is 10.6 Å². The van der Waals surface area contributed by atoms with Gasteiger partial charge in [-0.1, -0.05) is 18.2 Å². The number of aromatic nitrogens is 3. The Morgan fingerprint density at radius 2 is 1.90 bits per heavy atom. The van der Waals surface area contributed by atoms with Crippen LogP contribution in [0, 0.1) is 6.92 Å². The fourth-order valence-corrected chi connectivity index (χ4v) is 4.06. The molecule has 0 fully saturated rings. The van der Waals surface area contributed by atoms with E-state index >= 15 is 0 Å². The van der Waals surface area contributed by atoms with Gasteiger partial charge in [0.15, 0.2) is 0 Å². The molecule has 0 spiro atoms. The first-order chi connectivity index (χ1) is 14.1. The van der Waals surface area contributed by atoms with Gasteiger partial charge in [-0.3, -0.25) is 14.9 Å². The first-order valence-corrected chi connectivity index (χ1v) is 9.37. The summed E-state index contributed by atoms with van der Waals surface area (Å²) in [4.78, 5) is 28.9. The van der Waals surface area contributed by atoms with Crippen LogP contribution >= 0.6 is 0 Å². The van der Waals surface area contributed by atoms with Gasteiger partial charge in [-0.15, -0.1) is 0 Å². The number of rotatable bonds is 4. The number of amides is 2. The second-order valence-corrected chi connectivity index (χ2v) is 7.14. The molecule has 3 N–H and O–H groups in total. The van der Waals surface area contributed by atoms with Crippen molar-refractivity contribution in [2.45, 2.75) is 13.5 Å². The molecule has 4 aromatic rings. The number of aryl methyl sites for hydroxylation is 1. The number of fused-ring (bicyclic) bond motifs is 2. The number of imide groups is 1. The van der Waals surface area contributed by atoms with Gasteiger partial charge in [0.1, 0.15) is 0 Å². The first kappa shape index (κ1) is 17.4. The normalized spacial score (nSPS) is 14.4. The van der Waals surface area contributed by atoms with Crippen LogP contribution in [-0.2, 0) is 16.1 Å². The predicted molar refractivity (Wildman–Crippen MR) is 111 cm³/mol. The van der Waals surface area contributed by atoms with Crippen molar-refractivity contribution in [2.75, 3.05) is 7.05 Å². The minimum atomic E-state index is -0.396. The quantitative estimate of drug-likeness (QED) is 0.471. The number of carbonyl (C=O) groups is 2. The molecule has 0 unspecified atom stereocenters. The van der Waals surface area contributed by atoms with Crippen molar-refractivity contribution in [1.82, 2.24) is 25.2 Å². The van der Waals surface area contributed by atoms with E-state index in [4.69, 9.17) is 0 Å². The Labute approximate surface area is 166 Å². The Balaban J connectivity index is 1.83. The molecule has 0 atom stereocenters. The Hall–Kier alpha value is -3.71. The molecule has 144 valence electrons. The summed E-state index contributed by atoms with van der Waals surface area (Å²) in [6.07, 6.45) is 3.66. The van der Waals surface area contributed by atoms with Crippen molar-refractivity contribution in [2.24, 2.45) is 0 Å². The van der Waals surface area contributed by atoms with Crippen molar-refractivity contribution < 1.29 is 9.59 Å². The summed E-state index contributed by atoms with van der Waals surface area (Å²) in [5.74, 6) is -0.785. The lowest BCUT2D eigenvalue weighted by Gasteiger charge is -2.05. The van der Waals surface area contributed by atoms with E-state index in [1.807, 2.05) is 56.6 Å². The third-order valence-corrected chi connectivity index (χ3v) is 5.30. The van der Waals surface area contributed by atoms with Crippen molar-refractivity contribution >= 4 is 39.4 Å². The van der Waals surface area contributed by atoms with Crippen LogP contribution in [0.5, 0.6) is 0 Å². The molecule has 1 aliphatic rings. The molecule has 3 aromatic heterocycles. The van der Waals surface area contributed by atoms with Crippen LogP contribution in [0.4, 0.5) is 0 Å². The van der Waals surface area contributed by atoms with Crippen molar-refractivity contribution in [3.05, 3.63) is 71.2 Å². The van der Waals surface area contributed by atoms with Gasteiger partial charge in [-0.2, -0.15) is 5.10 Å². The van der Waals surface area contributed by atoms with E-state index in [-0.39, 0.29) is 5.91 Å². The second-order valence-electron chi connectivity index (χ2n) is 7.14. The third-order valence-electron chi connectivity index (χ3n) is 5.30. The SMILES string of the molecule is CNCc1ccn2nc(C)c(C3=C(c4c[nH]c5ccccc45)C(=O)NC3=O)c2c1. The average Bonchev–Trinajstić information content (AvgIpc) is 3.34. The van der Waals surface area contributed by atoms with Crippen LogP contribution in [0.1, 0.15) is 22.4 Å². The highest BCUT2D eigenvalue weighted by molar-refractivity contribution is 6.50. The fourth-order valence-electron chi connectivity index (χ4n) is 4.06. The number of carbonyl (C=O) groups excluding carboxylic acids is 2. The Bertz CT molecular complexity index is 1340. The number of hydrogen-bond donors (Lipinski definition) is 3. The van der Waals surface area contributed by atoms with Crippen LogP contribution in [-0.4, -0.2) is 33.5 Å². The smallest absolute Gasteiger partial charge is 0.259 e. The topological polar surface area (TPSA) is 91.3 Å². The van der Waals surface area contributed by atoms with Crippen LogP contribution in [0.2, 0.25) is 0 Å². The Morgan fingerprint density at radius 3 is 2.72 bits per heavy atom. The average molecular weight is 385 g/mol. The maximum atomic E-state index is 12.9. The number of pyridine rings is 1. The zero-order chi connectivity index (χ0) is 20.1. The predicted octanol–water partition coefficient (Wildman–Crippen LogP) is 2.41. The van der Waals surface area contributed by atoms with Crippen LogP contribution in [0.15, 0.2) is 48.8 Å². The number of benzene rings is 1. The van der Waals surface area contributed by atoms with E-state index in [9.17, 15) is 9.59 Å². The molecule has 29 heavy (non-hydrogen) atoms. The molecule has 1 aliphatic heterocycles.